The van der Waals surface area contributed by atoms with Crippen molar-refractivity contribution in [2.75, 3.05) is 18.6 Å². The normalized spacial score (nSPS) is 13.9. The van der Waals surface area contributed by atoms with Crippen molar-refractivity contribution in [2.45, 2.75) is 12.5 Å². The van der Waals surface area contributed by atoms with Crippen LogP contribution in [0.25, 0.3) is 0 Å². The van der Waals surface area contributed by atoms with Gasteiger partial charge < -0.3 is 19.9 Å². The first-order valence-electron chi connectivity index (χ1n) is 5.17. The molecule has 3 N–H and O–H groups in total. The molecule has 6 nitrogen and oxygen atoms in total. The second-order valence-electron chi connectivity index (χ2n) is 4.12. The zero-order chi connectivity index (χ0) is 13.8. The molecule has 0 aromatic carbocycles. The minimum absolute atomic E-state index is 0.0653. The van der Waals surface area contributed by atoms with Crippen LogP contribution in [-0.4, -0.2) is 46.2 Å². The second kappa shape index (κ2) is 5.92. The lowest BCUT2D eigenvalue weighted by Gasteiger charge is -2.22. The zero-order valence-electron chi connectivity index (χ0n) is 10.1. The van der Waals surface area contributed by atoms with Crippen LogP contribution in [0.15, 0.2) is 16.7 Å². The van der Waals surface area contributed by atoms with Crippen LogP contribution < -0.4 is 5.32 Å². The highest BCUT2D eigenvalue weighted by Crippen LogP contribution is 2.11. The molecule has 1 amide bonds. The van der Waals surface area contributed by atoms with Gasteiger partial charge in [-0.15, -0.1) is 0 Å². The van der Waals surface area contributed by atoms with Gasteiger partial charge in [-0.3, -0.25) is 4.79 Å². The first-order chi connectivity index (χ1) is 8.35. The summed E-state index contributed by atoms with van der Waals surface area (Å²) in [6.07, 6.45) is 2.85. The molecule has 0 radical (unpaired) electrons. The number of aromatic carboxylic acids is 1. The van der Waals surface area contributed by atoms with Crippen molar-refractivity contribution in [3.8, 4) is 0 Å². The number of nitrogens with one attached hydrogen (secondary N) is 1. The SMILES string of the molecule is CSCC(C)(O)CNC(=O)c1cc(C(=O)O)co1. The Morgan fingerprint density at radius 3 is 2.72 bits per heavy atom. The van der Waals surface area contributed by atoms with Crippen molar-refractivity contribution < 1.29 is 24.2 Å². The van der Waals surface area contributed by atoms with Gasteiger partial charge in [0, 0.05) is 18.4 Å². The standard InChI is InChI=1S/C11H15NO5S/c1-11(16,6-18-2)5-12-9(13)8-3-7(4-17-8)10(14)15/h3-4,16H,5-6H2,1-2H3,(H,12,13)(H,14,15). The number of thioether (sulfide) groups is 1. The lowest BCUT2D eigenvalue weighted by atomic mass is 10.1. The smallest absolute Gasteiger partial charge is 0.338 e. The minimum Gasteiger partial charge on any atom is -0.478 e. The van der Waals surface area contributed by atoms with E-state index in [0.717, 1.165) is 12.3 Å². The van der Waals surface area contributed by atoms with E-state index in [-0.39, 0.29) is 17.9 Å². The average Bonchev–Trinajstić information content (AvgIpc) is 2.75. The summed E-state index contributed by atoms with van der Waals surface area (Å²) in [5, 5.41) is 21.0. The molecule has 1 atom stereocenters. The van der Waals surface area contributed by atoms with E-state index >= 15 is 0 Å². The Kier molecular flexibility index (Phi) is 4.80. The fourth-order valence-electron chi connectivity index (χ4n) is 1.29. The first-order valence-corrected chi connectivity index (χ1v) is 6.56. The summed E-state index contributed by atoms with van der Waals surface area (Å²) in [5.74, 6) is -1.32. The predicted molar refractivity (Wildman–Crippen MR) is 67.0 cm³/mol. The summed E-state index contributed by atoms with van der Waals surface area (Å²) in [4.78, 5) is 22.2. The molecule has 0 bridgehead atoms. The Balaban J connectivity index is 2.57. The van der Waals surface area contributed by atoms with Crippen LogP contribution >= 0.6 is 11.8 Å². The molecule has 0 saturated carbocycles. The van der Waals surface area contributed by atoms with Gasteiger partial charge in [0.15, 0.2) is 5.76 Å². The molecule has 1 rings (SSSR count). The molecule has 0 aliphatic carbocycles. The molecular formula is C11H15NO5S. The summed E-state index contributed by atoms with van der Waals surface area (Å²) in [6.45, 7) is 1.67. The average molecular weight is 273 g/mol. The van der Waals surface area contributed by atoms with Crippen molar-refractivity contribution in [3.63, 3.8) is 0 Å². The quantitative estimate of drug-likeness (QED) is 0.709. The van der Waals surface area contributed by atoms with Crippen LogP contribution in [0.5, 0.6) is 0 Å². The number of carboxylic acid groups (broad SMARTS) is 1. The number of carbonyl (C=O) groups excluding carboxylic acids is 1. The zero-order valence-corrected chi connectivity index (χ0v) is 10.9. The fraction of sp³-hybridized carbons (Fsp3) is 0.455. The largest absolute Gasteiger partial charge is 0.478 e. The van der Waals surface area contributed by atoms with E-state index in [0.29, 0.717) is 5.75 Å². The number of amides is 1. The van der Waals surface area contributed by atoms with Gasteiger partial charge in [0.2, 0.25) is 0 Å². The van der Waals surface area contributed by atoms with Gasteiger partial charge >= 0.3 is 5.97 Å². The van der Waals surface area contributed by atoms with Crippen molar-refractivity contribution in [3.05, 3.63) is 23.7 Å². The minimum atomic E-state index is -1.16. The van der Waals surface area contributed by atoms with E-state index in [1.165, 1.54) is 11.8 Å². The van der Waals surface area contributed by atoms with Gasteiger partial charge in [-0.25, -0.2) is 4.79 Å². The molecule has 0 aliphatic heterocycles. The number of aliphatic hydroxyl groups is 1. The predicted octanol–water partition coefficient (Wildman–Crippen LogP) is 0.822. The molecule has 0 aliphatic rings. The van der Waals surface area contributed by atoms with Crippen LogP contribution in [0, 0.1) is 0 Å². The maximum atomic E-state index is 11.6. The van der Waals surface area contributed by atoms with Gasteiger partial charge in [-0.2, -0.15) is 11.8 Å². The first kappa shape index (κ1) is 14.6. The molecule has 100 valence electrons. The molecule has 0 fully saturated rings. The highest BCUT2D eigenvalue weighted by molar-refractivity contribution is 7.98. The summed E-state index contributed by atoms with van der Waals surface area (Å²) >= 11 is 1.46. The number of rotatable bonds is 6. The summed E-state index contributed by atoms with van der Waals surface area (Å²) in [7, 11) is 0. The van der Waals surface area contributed by atoms with E-state index in [2.05, 4.69) is 5.32 Å². The number of furan rings is 1. The topological polar surface area (TPSA) is 99.8 Å². The Morgan fingerprint density at radius 2 is 2.22 bits per heavy atom. The van der Waals surface area contributed by atoms with Gasteiger partial charge in [0.25, 0.3) is 5.91 Å². The van der Waals surface area contributed by atoms with E-state index in [1.54, 1.807) is 6.92 Å². The molecule has 18 heavy (non-hydrogen) atoms. The van der Waals surface area contributed by atoms with E-state index in [9.17, 15) is 14.7 Å². The molecule has 1 heterocycles. The maximum absolute atomic E-state index is 11.6. The second-order valence-corrected chi connectivity index (χ2v) is 4.98. The van der Waals surface area contributed by atoms with Crippen LogP contribution in [0.2, 0.25) is 0 Å². The van der Waals surface area contributed by atoms with Gasteiger partial charge in [-0.1, -0.05) is 0 Å². The Bertz CT molecular complexity index is 440. The number of carboxylic acids is 1. The number of carbonyl (C=O) groups is 2. The number of hydrogen-bond donors (Lipinski definition) is 3. The van der Waals surface area contributed by atoms with Crippen molar-refractivity contribution in [1.82, 2.24) is 5.32 Å². The third-order valence-corrected chi connectivity index (χ3v) is 3.07. The monoisotopic (exact) mass is 273 g/mol. The molecule has 7 heteroatoms. The fourth-order valence-corrected chi connectivity index (χ4v) is 2.01. The molecule has 0 saturated heterocycles. The molecule has 1 aromatic heterocycles. The third-order valence-electron chi connectivity index (χ3n) is 2.16. The Morgan fingerprint density at radius 1 is 1.56 bits per heavy atom. The van der Waals surface area contributed by atoms with E-state index < -0.39 is 17.5 Å². The van der Waals surface area contributed by atoms with Crippen molar-refractivity contribution in [1.29, 1.82) is 0 Å². The highest BCUT2D eigenvalue weighted by atomic mass is 32.2. The van der Waals surface area contributed by atoms with Crippen LogP contribution in [-0.2, 0) is 0 Å². The number of hydrogen-bond acceptors (Lipinski definition) is 5. The molecular weight excluding hydrogens is 258 g/mol. The van der Waals surface area contributed by atoms with Gasteiger partial charge in [0.1, 0.15) is 6.26 Å². The Labute approximate surface area is 108 Å². The van der Waals surface area contributed by atoms with Crippen LogP contribution in [0.1, 0.15) is 27.8 Å². The molecule has 1 aromatic rings. The summed E-state index contributed by atoms with van der Waals surface area (Å²) < 4.78 is 4.83. The maximum Gasteiger partial charge on any atom is 0.338 e. The molecule has 0 spiro atoms. The van der Waals surface area contributed by atoms with E-state index in [1.807, 2.05) is 6.26 Å². The highest BCUT2D eigenvalue weighted by Gasteiger charge is 2.22. The summed E-state index contributed by atoms with van der Waals surface area (Å²) in [6, 6.07) is 1.14. The van der Waals surface area contributed by atoms with Crippen LogP contribution in [0.4, 0.5) is 0 Å². The van der Waals surface area contributed by atoms with Crippen molar-refractivity contribution in [2.24, 2.45) is 0 Å². The summed E-state index contributed by atoms with van der Waals surface area (Å²) in [5.41, 5.74) is -1.10. The van der Waals surface area contributed by atoms with E-state index in [4.69, 9.17) is 9.52 Å². The van der Waals surface area contributed by atoms with Crippen molar-refractivity contribution >= 4 is 23.6 Å². The van der Waals surface area contributed by atoms with Crippen LogP contribution in [0.3, 0.4) is 0 Å². The lowest BCUT2D eigenvalue weighted by molar-refractivity contribution is 0.0696. The Hall–Kier alpha value is -1.47. The van der Waals surface area contributed by atoms with Gasteiger partial charge in [-0.05, 0) is 13.2 Å². The lowest BCUT2D eigenvalue weighted by Crippen LogP contribution is -2.42. The van der Waals surface area contributed by atoms with Gasteiger partial charge in [0.05, 0.1) is 11.2 Å². The molecule has 1 unspecified atom stereocenters. The third kappa shape index (κ3) is 4.08.